The van der Waals surface area contributed by atoms with E-state index < -0.39 is 30.3 Å². The van der Waals surface area contributed by atoms with Gasteiger partial charge in [0.25, 0.3) is 0 Å². The smallest absolute Gasteiger partial charge is 0.326 e. The minimum absolute atomic E-state index is 0.0134. The van der Waals surface area contributed by atoms with E-state index >= 15 is 0 Å². The number of likely N-dealkylation sites (N-methyl/N-ethyl adjacent to an activating group) is 1. The molecule has 3 atom stereocenters. The summed E-state index contributed by atoms with van der Waals surface area (Å²) in [6, 6.07) is -1.55. The summed E-state index contributed by atoms with van der Waals surface area (Å²) >= 11 is 0. The number of carbonyl (C=O) groups is 2. The molecule has 1 aliphatic rings. The maximum Gasteiger partial charge on any atom is 0.326 e. The fraction of sp³-hybridized carbons (Fsp3) is 0.818. The number of carbonyl (C=O) groups excluding carboxylic acids is 1. The minimum atomic E-state index is -1.14. The second-order valence-electron chi connectivity index (χ2n) is 4.67. The van der Waals surface area contributed by atoms with Crippen LogP contribution in [-0.4, -0.2) is 89.2 Å². The van der Waals surface area contributed by atoms with Crippen molar-refractivity contribution in [1.29, 1.82) is 0 Å². The third-order valence-electron chi connectivity index (χ3n) is 2.98. The van der Waals surface area contributed by atoms with Gasteiger partial charge in [0.2, 0.25) is 0 Å². The number of aliphatic hydroxyl groups excluding tert-OH is 2. The van der Waals surface area contributed by atoms with Crippen LogP contribution in [0, 0.1) is 0 Å². The second-order valence-corrected chi connectivity index (χ2v) is 4.67. The van der Waals surface area contributed by atoms with Crippen LogP contribution in [0.5, 0.6) is 0 Å². The van der Waals surface area contributed by atoms with Crippen LogP contribution in [0.3, 0.4) is 0 Å². The Morgan fingerprint density at radius 1 is 1.53 bits per heavy atom. The second kappa shape index (κ2) is 6.69. The van der Waals surface area contributed by atoms with Gasteiger partial charge in [-0.1, -0.05) is 0 Å². The molecule has 110 valence electrons. The van der Waals surface area contributed by atoms with Crippen molar-refractivity contribution >= 4 is 12.0 Å². The Balaban J connectivity index is 2.62. The molecule has 3 unspecified atom stereocenters. The number of hydrogen-bond acceptors (Lipinski definition) is 5. The number of β-amino-alcohol motifs (C(OH)–C–C–N with tert-alkyl or cyclic N) is 1. The van der Waals surface area contributed by atoms with Gasteiger partial charge in [-0.05, 0) is 0 Å². The maximum atomic E-state index is 12.1. The lowest BCUT2D eigenvalue weighted by atomic mass is 10.2. The first kappa shape index (κ1) is 15.7. The molecule has 1 saturated heterocycles. The molecular formula is C11H20N2O6. The Bertz CT molecular complexity index is 337. The number of carboxylic acid groups (broad SMARTS) is 1. The Morgan fingerprint density at radius 2 is 2.16 bits per heavy atom. The lowest BCUT2D eigenvalue weighted by Crippen LogP contribution is -2.49. The van der Waals surface area contributed by atoms with Gasteiger partial charge in [0.1, 0.15) is 6.04 Å². The van der Waals surface area contributed by atoms with Gasteiger partial charge < -0.3 is 29.9 Å². The zero-order chi connectivity index (χ0) is 14.6. The van der Waals surface area contributed by atoms with Crippen LogP contribution >= 0.6 is 0 Å². The molecule has 3 N–H and O–H groups in total. The molecule has 1 rings (SSSR count). The molecule has 1 heterocycles. The number of nitrogens with zero attached hydrogens (tertiary/aromatic N) is 2. The van der Waals surface area contributed by atoms with Crippen molar-refractivity contribution in [3.05, 3.63) is 0 Å². The molecular weight excluding hydrogens is 256 g/mol. The number of aliphatic carboxylic acids is 1. The Morgan fingerprint density at radius 3 is 2.68 bits per heavy atom. The summed E-state index contributed by atoms with van der Waals surface area (Å²) in [7, 11) is 2.90. The van der Waals surface area contributed by atoms with Gasteiger partial charge in [-0.2, -0.15) is 0 Å². The molecule has 0 aromatic heterocycles. The Labute approximate surface area is 111 Å². The standard InChI is InChI=1S/C11H20N2O6/c1-12(4-8(15)6-19-2)11(18)13-5-7(14)3-9(13)10(16)17/h7-9,14-15H,3-6H2,1-2H3,(H,16,17). The Hall–Kier alpha value is -1.38. The van der Waals surface area contributed by atoms with Gasteiger partial charge in [0, 0.05) is 27.1 Å². The highest BCUT2D eigenvalue weighted by Gasteiger charge is 2.40. The number of ether oxygens (including phenoxy) is 1. The molecule has 0 spiro atoms. The number of urea groups is 1. The van der Waals surface area contributed by atoms with Crippen molar-refractivity contribution in [2.24, 2.45) is 0 Å². The van der Waals surface area contributed by atoms with Crippen LogP contribution in [0.1, 0.15) is 6.42 Å². The maximum absolute atomic E-state index is 12.1. The van der Waals surface area contributed by atoms with E-state index in [0.29, 0.717) is 0 Å². The van der Waals surface area contributed by atoms with Crippen LogP contribution < -0.4 is 0 Å². The van der Waals surface area contributed by atoms with Crippen molar-refractivity contribution in [3.63, 3.8) is 0 Å². The number of methoxy groups -OCH3 is 1. The molecule has 8 nitrogen and oxygen atoms in total. The molecule has 0 aromatic rings. The molecule has 1 aliphatic heterocycles. The van der Waals surface area contributed by atoms with Crippen molar-refractivity contribution in [3.8, 4) is 0 Å². The van der Waals surface area contributed by atoms with E-state index in [0.717, 1.165) is 4.90 Å². The first-order valence-electron chi connectivity index (χ1n) is 5.96. The first-order valence-corrected chi connectivity index (χ1v) is 5.96. The number of likely N-dealkylation sites (tertiary alicyclic amines) is 1. The summed E-state index contributed by atoms with van der Waals surface area (Å²) in [5, 5.41) is 28.0. The summed E-state index contributed by atoms with van der Waals surface area (Å²) in [6.07, 6.45) is -1.65. The van der Waals surface area contributed by atoms with Gasteiger partial charge >= 0.3 is 12.0 Å². The quantitative estimate of drug-likeness (QED) is 0.567. The number of rotatable bonds is 5. The predicted octanol–water partition coefficient (Wildman–Crippen LogP) is -1.43. The summed E-state index contributed by atoms with van der Waals surface area (Å²) < 4.78 is 4.75. The first-order chi connectivity index (χ1) is 8.86. The molecule has 0 saturated carbocycles. The highest BCUT2D eigenvalue weighted by molar-refractivity contribution is 5.83. The zero-order valence-electron chi connectivity index (χ0n) is 11.0. The monoisotopic (exact) mass is 276 g/mol. The van der Waals surface area contributed by atoms with Crippen LogP contribution in [-0.2, 0) is 9.53 Å². The van der Waals surface area contributed by atoms with E-state index in [-0.39, 0.29) is 26.1 Å². The summed E-state index contributed by atoms with van der Waals surface area (Å²) in [5.74, 6) is -1.14. The number of hydrogen-bond donors (Lipinski definition) is 3. The molecule has 1 fully saturated rings. The molecule has 0 radical (unpaired) electrons. The third-order valence-corrected chi connectivity index (χ3v) is 2.98. The van der Waals surface area contributed by atoms with E-state index in [1.165, 1.54) is 19.1 Å². The number of carboxylic acids is 1. The van der Waals surface area contributed by atoms with Gasteiger partial charge in [-0.25, -0.2) is 9.59 Å². The van der Waals surface area contributed by atoms with Gasteiger partial charge in [0.05, 0.1) is 25.4 Å². The van der Waals surface area contributed by atoms with E-state index in [4.69, 9.17) is 9.84 Å². The van der Waals surface area contributed by atoms with Crippen LogP contribution in [0.25, 0.3) is 0 Å². The molecule has 2 amide bonds. The topological polar surface area (TPSA) is 111 Å². The predicted molar refractivity (Wildman–Crippen MR) is 64.7 cm³/mol. The normalized spacial score (nSPS) is 24.3. The molecule has 8 heteroatoms. The SMILES string of the molecule is COCC(O)CN(C)C(=O)N1CC(O)CC1C(=O)O. The van der Waals surface area contributed by atoms with Crippen LogP contribution in [0.4, 0.5) is 4.79 Å². The molecule has 0 aromatic carbocycles. The molecule has 19 heavy (non-hydrogen) atoms. The van der Waals surface area contributed by atoms with Gasteiger partial charge in [0.15, 0.2) is 0 Å². The van der Waals surface area contributed by atoms with Crippen LogP contribution in [0.15, 0.2) is 0 Å². The summed E-state index contributed by atoms with van der Waals surface area (Å²) in [6.45, 7) is 0.106. The van der Waals surface area contributed by atoms with E-state index in [1.807, 2.05) is 0 Å². The average Bonchev–Trinajstić information content (AvgIpc) is 2.70. The average molecular weight is 276 g/mol. The lowest BCUT2D eigenvalue weighted by Gasteiger charge is -2.28. The van der Waals surface area contributed by atoms with Crippen molar-refractivity contribution < 1.29 is 29.6 Å². The van der Waals surface area contributed by atoms with E-state index in [1.54, 1.807) is 0 Å². The van der Waals surface area contributed by atoms with Crippen molar-refractivity contribution in [2.45, 2.75) is 24.7 Å². The van der Waals surface area contributed by atoms with Gasteiger partial charge in [-0.3, -0.25) is 0 Å². The van der Waals surface area contributed by atoms with E-state index in [2.05, 4.69) is 0 Å². The number of aliphatic hydroxyl groups is 2. The fourth-order valence-electron chi connectivity index (χ4n) is 2.12. The third kappa shape index (κ3) is 4.05. The molecule has 0 aliphatic carbocycles. The van der Waals surface area contributed by atoms with Crippen molar-refractivity contribution in [2.75, 3.05) is 33.9 Å². The van der Waals surface area contributed by atoms with E-state index in [9.17, 15) is 19.8 Å². The van der Waals surface area contributed by atoms with Crippen molar-refractivity contribution in [1.82, 2.24) is 9.80 Å². The highest BCUT2D eigenvalue weighted by Crippen LogP contribution is 2.19. The Kier molecular flexibility index (Phi) is 5.52. The minimum Gasteiger partial charge on any atom is -0.480 e. The highest BCUT2D eigenvalue weighted by atomic mass is 16.5. The van der Waals surface area contributed by atoms with Crippen LogP contribution in [0.2, 0.25) is 0 Å². The summed E-state index contributed by atoms with van der Waals surface area (Å²) in [5.41, 5.74) is 0. The lowest BCUT2D eigenvalue weighted by molar-refractivity contribution is -0.141. The zero-order valence-corrected chi connectivity index (χ0v) is 11.0. The number of amides is 2. The van der Waals surface area contributed by atoms with Gasteiger partial charge in [-0.15, -0.1) is 0 Å². The fourth-order valence-corrected chi connectivity index (χ4v) is 2.12. The summed E-state index contributed by atoms with van der Waals surface area (Å²) in [4.78, 5) is 25.4. The molecule has 0 bridgehead atoms. The largest absolute Gasteiger partial charge is 0.480 e.